The van der Waals surface area contributed by atoms with E-state index in [1.165, 1.54) is 34.8 Å². The molecule has 5 rings (SSSR count). The van der Waals surface area contributed by atoms with Gasteiger partial charge in [-0.15, -0.1) is 4.33 Å². The summed E-state index contributed by atoms with van der Waals surface area (Å²) in [5.74, 6) is -2.51. The first kappa shape index (κ1) is 37.2. The SMILES string of the molecule is CCOC(=O)C1(C(=O)OC)CC(=CC=C2Sc3ccc(Cl)cc3N2CS(=O)OO)C=C(C=Cc2sc3ccc(Cl)cc3[n+]2CS(=O)(=O)O)C1. The largest absolute Gasteiger partial charge is 0.468 e. The Morgan fingerprint density at radius 3 is 2.53 bits per heavy atom. The van der Waals surface area contributed by atoms with Crippen molar-refractivity contribution < 1.29 is 50.4 Å². The number of hydrogen-bond donors (Lipinski definition) is 2. The van der Waals surface area contributed by atoms with Crippen LogP contribution in [0.4, 0.5) is 5.69 Å². The Balaban J connectivity index is 1.61. The van der Waals surface area contributed by atoms with Crippen molar-refractivity contribution in [3.63, 3.8) is 0 Å². The molecule has 49 heavy (non-hydrogen) atoms. The van der Waals surface area contributed by atoms with E-state index < -0.39 is 44.4 Å². The number of allylic oxidation sites excluding steroid dienone is 6. The zero-order valence-electron chi connectivity index (χ0n) is 25.8. The van der Waals surface area contributed by atoms with E-state index in [4.69, 9.17) is 37.9 Å². The molecule has 0 spiro atoms. The number of thiazole rings is 1. The van der Waals surface area contributed by atoms with Gasteiger partial charge in [-0.1, -0.05) is 64.5 Å². The fraction of sp³-hybridized carbons (Fsp3) is 0.258. The van der Waals surface area contributed by atoms with Gasteiger partial charge in [-0.3, -0.25) is 14.1 Å². The van der Waals surface area contributed by atoms with Gasteiger partial charge in [0.15, 0.2) is 5.41 Å². The molecule has 260 valence electrons. The summed E-state index contributed by atoms with van der Waals surface area (Å²) in [6.07, 6.45) is 8.33. The van der Waals surface area contributed by atoms with Crippen molar-refractivity contribution in [2.75, 3.05) is 24.5 Å². The lowest BCUT2D eigenvalue weighted by molar-refractivity contribution is -0.649. The van der Waals surface area contributed by atoms with E-state index in [1.54, 1.807) is 78.6 Å². The van der Waals surface area contributed by atoms with Crippen molar-refractivity contribution in [3.8, 4) is 0 Å². The van der Waals surface area contributed by atoms with Gasteiger partial charge in [0.1, 0.15) is 10.6 Å². The van der Waals surface area contributed by atoms with Gasteiger partial charge in [0.2, 0.25) is 16.6 Å². The second-order valence-corrected chi connectivity index (χ2v) is 16.2. The average Bonchev–Trinajstić information content (AvgIpc) is 3.57. The maximum Gasteiger partial charge on any atom is 0.326 e. The Labute approximate surface area is 302 Å². The monoisotopic (exact) mass is 787 g/mol. The van der Waals surface area contributed by atoms with Crippen LogP contribution in [0.15, 0.2) is 81.8 Å². The molecule has 2 heterocycles. The zero-order valence-corrected chi connectivity index (χ0v) is 30.6. The normalized spacial score (nSPS) is 20.2. The first-order valence-electron chi connectivity index (χ1n) is 14.3. The number of hydrogen-bond acceptors (Lipinski definition) is 12. The van der Waals surface area contributed by atoms with Crippen LogP contribution in [0.25, 0.3) is 16.3 Å². The standard InChI is InChI=1S/C31H28Cl2N2O10S4/c1-3-44-30(37)31(29(36)43-2)15-19(4-10-27-34(17-48(39)45-38)23-13-21(32)6-8-25(23)46-27)12-20(16-31)5-11-28-35(18-49(40,41)42)24-14-22(33)7-9-26(24)47-28/h4-14H,3,15-18H2,1-2H3,(H-,38,40,41,42)/p+1. The number of carbonyl (C=O) groups excluding carboxylic acids is 2. The van der Waals surface area contributed by atoms with E-state index in [1.807, 2.05) is 0 Å². The molecule has 1 aliphatic carbocycles. The molecule has 2 aromatic carbocycles. The van der Waals surface area contributed by atoms with Crippen molar-refractivity contribution in [1.29, 1.82) is 0 Å². The van der Waals surface area contributed by atoms with Gasteiger partial charge >= 0.3 is 22.1 Å². The molecular weight excluding hydrogens is 760 g/mol. The molecule has 2 atom stereocenters. The van der Waals surface area contributed by atoms with Gasteiger partial charge in [-0.25, -0.2) is 9.47 Å². The van der Waals surface area contributed by atoms with E-state index in [-0.39, 0.29) is 25.3 Å². The molecule has 0 radical (unpaired) electrons. The highest BCUT2D eigenvalue weighted by Crippen LogP contribution is 2.48. The van der Waals surface area contributed by atoms with Gasteiger partial charge < -0.3 is 14.4 Å². The Hall–Kier alpha value is -3.06. The Morgan fingerprint density at radius 2 is 1.84 bits per heavy atom. The molecule has 0 saturated carbocycles. The van der Waals surface area contributed by atoms with Crippen LogP contribution in [0.1, 0.15) is 24.8 Å². The molecule has 3 aromatic rings. The number of anilines is 1. The third kappa shape index (κ3) is 8.46. The minimum absolute atomic E-state index is 0.0199. The van der Waals surface area contributed by atoms with E-state index in [2.05, 4.69) is 4.33 Å². The summed E-state index contributed by atoms with van der Waals surface area (Å²) in [6.45, 7) is 1.65. The van der Waals surface area contributed by atoms with Crippen LogP contribution in [-0.4, -0.2) is 54.0 Å². The van der Waals surface area contributed by atoms with Crippen molar-refractivity contribution in [1.82, 2.24) is 0 Å². The topological polar surface area (TPSA) is 161 Å². The molecule has 0 fully saturated rings. The van der Waals surface area contributed by atoms with Gasteiger partial charge in [0.05, 0.1) is 24.4 Å². The summed E-state index contributed by atoms with van der Waals surface area (Å²) in [5, 5.41) is 10.9. The van der Waals surface area contributed by atoms with E-state index in [9.17, 15) is 26.8 Å². The first-order valence-corrected chi connectivity index (χ1v) is 19.6. The highest BCUT2D eigenvalue weighted by Gasteiger charge is 2.50. The molecule has 2 unspecified atom stereocenters. The van der Waals surface area contributed by atoms with Crippen LogP contribution in [0, 0.1) is 5.41 Å². The number of fused-ring (bicyclic) bond motifs is 2. The number of halogens is 2. The lowest BCUT2D eigenvalue weighted by atomic mass is 9.71. The number of rotatable bonds is 11. The highest BCUT2D eigenvalue weighted by molar-refractivity contribution is 8.03. The minimum atomic E-state index is -4.44. The molecule has 12 nitrogen and oxygen atoms in total. The smallest absolute Gasteiger partial charge is 0.326 e. The molecule has 1 aromatic heterocycles. The molecule has 0 saturated heterocycles. The van der Waals surface area contributed by atoms with Crippen LogP contribution in [0.5, 0.6) is 0 Å². The number of esters is 2. The molecule has 0 bridgehead atoms. The number of ether oxygens (including phenoxy) is 2. The maximum atomic E-state index is 13.5. The van der Waals surface area contributed by atoms with Crippen LogP contribution >= 0.6 is 46.3 Å². The lowest BCUT2D eigenvalue weighted by Crippen LogP contribution is -2.43. The van der Waals surface area contributed by atoms with E-state index in [0.717, 1.165) is 4.90 Å². The Kier molecular flexibility index (Phi) is 11.7. The van der Waals surface area contributed by atoms with Crippen molar-refractivity contribution >= 4 is 101 Å². The fourth-order valence-electron chi connectivity index (χ4n) is 5.46. The second kappa shape index (κ2) is 15.4. The van der Waals surface area contributed by atoms with Gasteiger partial charge in [0.25, 0.3) is 10.9 Å². The lowest BCUT2D eigenvalue weighted by Gasteiger charge is -2.32. The third-order valence-corrected chi connectivity index (χ3v) is 11.5. The third-order valence-electron chi connectivity index (χ3n) is 7.50. The Bertz CT molecular complexity index is 2080. The van der Waals surface area contributed by atoms with Crippen LogP contribution in [0.2, 0.25) is 10.0 Å². The summed E-state index contributed by atoms with van der Waals surface area (Å²) < 4.78 is 62.3. The van der Waals surface area contributed by atoms with Crippen LogP contribution in [0.3, 0.4) is 0 Å². The number of methoxy groups -OCH3 is 1. The molecule has 0 amide bonds. The predicted molar refractivity (Wildman–Crippen MR) is 189 cm³/mol. The maximum absolute atomic E-state index is 13.5. The van der Waals surface area contributed by atoms with Gasteiger partial charge in [-0.05, 0) is 67.3 Å². The second-order valence-electron chi connectivity index (χ2n) is 10.8. The van der Waals surface area contributed by atoms with Crippen LogP contribution < -0.4 is 9.47 Å². The van der Waals surface area contributed by atoms with Gasteiger partial charge in [0, 0.05) is 27.1 Å². The zero-order chi connectivity index (χ0) is 35.5. The Morgan fingerprint density at radius 1 is 1.10 bits per heavy atom. The minimum Gasteiger partial charge on any atom is -0.468 e. The molecule has 2 N–H and O–H groups in total. The summed E-state index contributed by atoms with van der Waals surface area (Å²) in [5.41, 5.74) is 0.452. The predicted octanol–water partition coefficient (Wildman–Crippen LogP) is 6.29. The van der Waals surface area contributed by atoms with Crippen LogP contribution in [-0.2, 0) is 50.5 Å². The van der Waals surface area contributed by atoms with E-state index >= 15 is 0 Å². The molecular formula is C31H29Cl2N2O10S4+. The van der Waals surface area contributed by atoms with E-state index in [0.29, 0.717) is 47.1 Å². The highest BCUT2D eigenvalue weighted by atomic mass is 35.5. The summed E-state index contributed by atoms with van der Waals surface area (Å²) >= 11 is 12.9. The van der Waals surface area contributed by atoms with Gasteiger partial charge in [-0.2, -0.15) is 13.0 Å². The summed E-state index contributed by atoms with van der Waals surface area (Å²) in [6, 6.07) is 10.2. The summed E-state index contributed by atoms with van der Waals surface area (Å²) in [4.78, 5) is 29.3. The molecule has 1 aliphatic heterocycles. The fourth-order valence-corrected chi connectivity index (χ4v) is 9.19. The van der Waals surface area contributed by atoms with Crippen molar-refractivity contribution in [2.45, 2.75) is 30.5 Å². The van der Waals surface area contributed by atoms with Crippen molar-refractivity contribution in [2.24, 2.45) is 5.41 Å². The number of nitrogens with zero attached hydrogens (tertiary/aromatic N) is 2. The number of carbonyl (C=O) groups is 2. The first-order chi connectivity index (χ1) is 23.3. The molecule has 2 aliphatic rings. The summed E-state index contributed by atoms with van der Waals surface area (Å²) in [7, 11) is -3.26. The number of benzene rings is 2. The molecule has 18 heteroatoms. The van der Waals surface area contributed by atoms with Crippen molar-refractivity contribution in [3.05, 3.63) is 91.9 Å². The quantitative estimate of drug-likeness (QED) is 0.0560. The number of aromatic nitrogens is 1. The average molecular weight is 789 g/mol. The number of thioether (sulfide) groups is 1.